The van der Waals surface area contributed by atoms with Gasteiger partial charge in [-0.3, -0.25) is 4.98 Å². The summed E-state index contributed by atoms with van der Waals surface area (Å²) in [6.07, 6.45) is 2.81. The van der Waals surface area contributed by atoms with Gasteiger partial charge in [0.25, 0.3) is 0 Å². The highest BCUT2D eigenvalue weighted by atomic mass is 79.9. The highest BCUT2D eigenvalue weighted by molar-refractivity contribution is 9.10. The normalized spacial score (nSPS) is 12.3. The van der Waals surface area contributed by atoms with Crippen LogP contribution in [0.2, 0.25) is 0 Å². The number of halogens is 1. The van der Waals surface area contributed by atoms with Gasteiger partial charge in [-0.1, -0.05) is 30.3 Å². The highest BCUT2D eigenvalue weighted by Crippen LogP contribution is 2.20. The Hall–Kier alpha value is -1.19. The summed E-state index contributed by atoms with van der Waals surface area (Å²) in [5, 5.41) is 3.26. The van der Waals surface area contributed by atoms with E-state index < -0.39 is 0 Å². The van der Waals surface area contributed by atoms with Crippen LogP contribution in [0.3, 0.4) is 0 Å². The van der Waals surface area contributed by atoms with Crippen molar-refractivity contribution < 1.29 is 0 Å². The molecular formula is C15H17BrN2. The minimum atomic E-state index is 0.463. The zero-order valence-electron chi connectivity index (χ0n) is 10.4. The summed E-state index contributed by atoms with van der Waals surface area (Å²) in [5.41, 5.74) is 2.49. The lowest BCUT2D eigenvalue weighted by atomic mass is 9.94. The van der Waals surface area contributed by atoms with E-state index in [1.807, 2.05) is 19.3 Å². The molecule has 1 aromatic heterocycles. The molecular weight excluding hydrogens is 288 g/mol. The maximum Gasteiger partial charge on any atom is 0.0413 e. The molecule has 94 valence electrons. The molecule has 0 bridgehead atoms. The van der Waals surface area contributed by atoms with E-state index in [0.29, 0.717) is 5.92 Å². The minimum Gasteiger partial charge on any atom is -0.319 e. The van der Waals surface area contributed by atoms with Gasteiger partial charge in [0.2, 0.25) is 0 Å². The molecule has 2 aromatic rings. The Kier molecular flexibility index (Phi) is 4.90. The molecule has 0 amide bonds. The summed E-state index contributed by atoms with van der Waals surface area (Å²) in [6, 6.07) is 14.7. The molecule has 0 fully saturated rings. The second-order valence-corrected chi connectivity index (χ2v) is 5.25. The maximum atomic E-state index is 4.45. The smallest absolute Gasteiger partial charge is 0.0413 e. The van der Waals surface area contributed by atoms with Crippen LogP contribution in [0.5, 0.6) is 0 Å². The SMILES string of the molecule is CNCC(Cc1ccc(Br)cn1)c1ccccc1. The van der Waals surface area contributed by atoms with E-state index in [1.165, 1.54) is 5.56 Å². The van der Waals surface area contributed by atoms with E-state index in [4.69, 9.17) is 0 Å². The Balaban J connectivity index is 2.14. The number of aromatic nitrogens is 1. The molecule has 0 aliphatic carbocycles. The fraction of sp³-hybridized carbons (Fsp3) is 0.267. The predicted molar refractivity (Wildman–Crippen MR) is 78.8 cm³/mol. The highest BCUT2D eigenvalue weighted by Gasteiger charge is 2.11. The molecule has 1 unspecified atom stereocenters. The van der Waals surface area contributed by atoms with Crippen molar-refractivity contribution in [3.05, 3.63) is 64.4 Å². The molecule has 0 aliphatic rings. The zero-order valence-corrected chi connectivity index (χ0v) is 12.0. The number of hydrogen-bond acceptors (Lipinski definition) is 2. The lowest BCUT2D eigenvalue weighted by Crippen LogP contribution is -2.19. The molecule has 1 aromatic carbocycles. The van der Waals surface area contributed by atoms with Crippen LogP contribution in [0.4, 0.5) is 0 Å². The van der Waals surface area contributed by atoms with E-state index in [0.717, 1.165) is 23.1 Å². The van der Waals surface area contributed by atoms with Crippen LogP contribution >= 0.6 is 15.9 Å². The number of rotatable bonds is 5. The van der Waals surface area contributed by atoms with Crippen molar-refractivity contribution in [2.45, 2.75) is 12.3 Å². The van der Waals surface area contributed by atoms with Crippen molar-refractivity contribution in [2.24, 2.45) is 0 Å². The third-order valence-electron chi connectivity index (χ3n) is 2.97. The fourth-order valence-electron chi connectivity index (χ4n) is 2.06. The van der Waals surface area contributed by atoms with Gasteiger partial charge in [0.15, 0.2) is 0 Å². The molecule has 0 radical (unpaired) electrons. The van der Waals surface area contributed by atoms with Gasteiger partial charge in [0.05, 0.1) is 0 Å². The van der Waals surface area contributed by atoms with Gasteiger partial charge in [-0.15, -0.1) is 0 Å². The lowest BCUT2D eigenvalue weighted by Gasteiger charge is -2.16. The van der Waals surface area contributed by atoms with Crippen molar-refractivity contribution in [3.63, 3.8) is 0 Å². The van der Waals surface area contributed by atoms with Crippen LogP contribution in [-0.4, -0.2) is 18.6 Å². The Bertz CT molecular complexity index is 468. The Morgan fingerprint density at radius 3 is 2.56 bits per heavy atom. The summed E-state index contributed by atoms with van der Waals surface area (Å²) in [4.78, 5) is 4.45. The molecule has 2 rings (SSSR count). The summed E-state index contributed by atoms with van der Waals surface area (Å²) in [5.74, 6) is 0.463. The number of nitrogens with one attached hydrogen (secondary N) is 1. The molecule has 18 heavy (non-hydrogen) atoms. The van der Waals surface area contributed by atoms with Gasteiger partial charge in [-0.05, 0) is 47.1 Å². The van der Waals surface area contributed by atoms with Crippen molar-refractivity contribution in [2.75, 3.05) is 13.6 Å². The first-order valence-electron chi connectivity index (χ1n) is 6.09. The van der Waals surface area contributed by atoms with Crippen LogP contribution in [0.25, 0.3) is 0 Å². The van der Waals surface area contributed by atoms with Gasteiger partial charge < -0.3 is 5.32 Å². The average Bonchev–Trinajstić information content (AvgIpc) is 2.42. The molecule has 3 heteroatoms. The third kappa shape index (κ3) is 3.65. The van der Waals surface area contributed by atoms with Gasteiger partial charge >= 0.3 is 0 Å². The van der Waals surface area contributed by atoms with Crippen LogP contribution in [0, 0.1) is 0 Å². The van der Waals surface area contributed by atoms with E-state index in [1.54, 1.807) is 0 Å². The average molecular weight is 305 g/mol. The van der Waals surface area contributed by atoms with Crippen molar-refractivity contribution in [1.29, 1.82) is 0 Å². The first-order chi connectivity index (χ1) is 8.79. The summed E-state index contributed by atoms with van der Waals surface area (Å²) < 4.78 is 1.02. The molecule has 0 aliphatic heterocycles. The molecule has 1 heterocycles. The van der Waals surface area contributed by atoms with Gasteiger partial charge in [0, 0.05) is 28.8 Å². The van der Waals surface area contributed by atoms with E-state index >= 15 is 0 Å². The van der Waals surface area contributed by atoms with E-state index in [-0.39, 0.29) is 0 Å². The van der Waals surface area contributed by atoms with Crippen LogP contribution < -0.4 is 5.32 Å². The zero-order chi connectivity index (χ0) is 12.8. The fourth-order valence-corrected chi connectivity index (χ4v) is 2.29. The second kappa shape index (κ2) is 6.66. The standard InChI is InChI=1S/C15H17BrN2/c1-17-10-13(12-5-3-2-4-6-12)9-15-8-7-14(16)11-18-15/h2-8,11,13,17H,9-10H2,1H3. The van der Waals surface area contributed by atoms with Gasteiger partial charge in [-0.25, -0.2) is 0 Å². The quantitative estimate of drug-likeness (QED) is 0.916. The molecule has 1 atom stereocenters. The summed E-state index contributed by atoms with van der Waals surface area (Å²) in [7, 11) is 1.99. The van der Waals surface area contributed by atoms with Gasteiger partial charge in [0.1, 0.15) is 0 Å². The topological polar surface area (TPSA) is 24.9 Å². The van der Waals surface area contributed by atoms with E-state index in [2.05, 4.69) is 62.6 Å². The molecule has 0 saturated heterocycles. The Morgan fingerprint density at radius 2 is 1.94 bits per heavy atom. The number of hydrogen-bond donors (Lipinski definition) is 1. The molecule has 2 nitrogen and oxygen atoms in total. The Labute approximate surface area is 117 Å². The lowest BCUT2D eigenvalue weighted by molar-refractivity contribution is 0.618. The molecule has 1 N–H and O–H groups in total. The van der Waals surface area contributed by atoms with Crippen LogP contribution in [0.1, 0.15) is 17.2 Å². The van der Waals surface area contributed by atoms with Crippen molar-refractivity contribution in [3.8, 4) is 0 Å². The summed E-state index contributed by atoms with van der Waals surface area (Å²) >= 11 is 3.41. The number of likely N-dealkylation sites (N-methyl/N-ethyl adjacent to an activating group) is 1. The number of benzene rings is 1. The van der Waals surface area contributed by atoms with Crippen LogP contribution in [0.15, 0.2) is 53.1 Å². The monoisotopic (exact) mass is 304 g/mol. The molecule has 0 saturated carbocycles. The summed E-state index contributed by atoms with van der Waals surface area (Å²) in [6.45, 7) is 0.960. The Morgan fingerprint density at radius 1 is 1.17 bits per heavy atom. The van der Waals surface area contributed by atoms with Crippen molar-refractivity contribution >= 4 is 15.9 Å². The largest absolute Gasteiger partial charge is 0.319 e. The number of nitrogens with zero attached hydrogens (tertiary/aromatic N) is 1. The minimum absolute atomic E-state index is 0.463. The predicted octanol–water partition coefficient (Wildman–Crippen LogP) is 3.39. The first kappa shape index (κ1) is 13.2. The maximum absolute atomic E-state index is 4.45. The van der Waals surface area contributed by atoms with E-state index in [9.17, 15) is 0 Å². The van der Waals surface area contributed by atoms with Crippen molar-refractivity contribution in [1.82, 2.24) is 10.3 Å². The van der Waals surface area contributed by atoms with Crippen LogP contribution in [-0.2, 0) is 6.42 Å². The molecule has 0 spiro atoms. The second-order valence-electron chi connectivity index (χ2n) is 4.34. The number of pyridine rings is 1. The third-order valence-corrected chi connectivity index (χ3v) is 3.43. The first-order valence-corrected chi connectivity index (χ1v) is 6.89. The van der Waals surface area contributed by atoms with Gasteiger partial charge in [-0.2, -0.15) is 0 Å².